The maximum Gasteiger partial charge on any atom is 0.313 e. The third kappa shape index (κ3) is 2.72. The molecule has 0 aliphatic carbocycles. The van der Waals surface area contributed by atoms with Crippen molar-refractivity contribution in [2.45, 2.75) is 45.4 Å². The maximum atomic E-state index is 11.8. The maximum absolute atomic E-state index is 11.8. The number of benzene rings is 1. The summed E-state index contributed by atoms with van der Waals surface area (Å²) in [6, 6.07) is 8.26. The van der Waals surface area contributed by atoms with Gasteiger partial charge in [0.25, 0.3) is 0 Å². The van der Waals surface area contributed by atoms with E-state index in [1.165, 1.54) is 5.56 Å². The molecule has 0 saturated heterocycles. The molecular weight excluding hydrogens is 340 g/mol. The predicted molar refractivity (Wildman–Crippen MR) is 102 cm³/mol. The van der Waals surface area contributed by atoms with E-state index in [0.717, 1.165) is 46.9 Å². The standard InChI is InChI=1S/C21H22N4O2/c1-4-21(3,20(26)27)17-10-16(11-22-12-17)14-5-7-18-15(9-14)6-8-19-24-23-13(2)25(18)19/h5,7,9-12H,4,6,8H2,1-3H3,(H,26,27). The predicted octanol–water partition coefficient (Wildman–Crippen LogP) is 3.49. The summed E-state index contributed by atoms with van der Waals surface area (Å²) in [5.41, 5.74) is 4.12. The Morgan fingerprint density at radius 2 is 2.00 bits per heavy atom. The van der Waals surface area contributed by atoms with E-state index in [1.54, 1.807) is 19.3 Å². The molecule has 1 aliphatic heterocycles. The first-order valence-corrected chi connectivity index (χ1v) is 9.17. The fourth-order valence-corrected chi connectivity index (χ4v) is 3.69. The molecule has 1 unspecified atom stereocenters. The van der Waals surface area contributed by atoms with Gasteiger partial charge in [0.1, 0.15) is 11.6 Å². The third-order valence-corrected chi connectivity index (χ3v) is 5.72. The molecule has 1 N–H and O–H groups in total. The minimum Gasteiger partial charge on any atom is -0.481 e. The minimum absolute atomic E-state index is 0.507. The zero-order valence-corrected chi connectivity index (χ0v) is 15.7. The highest BCUT2D eigenvalue weighted by Crippen LogP contribution is 2.33. The van der Waals surface area contributed by atoms with Gasteiger partial charge in [-0.25, -0.2) is 0 Å². The molecule has 1 aromatic carbocycles. The van der Waals surface area contributed by atoms with Gasteiger partial charge in [0.15, 0.2) is 0 Å². The lowest BCUT2D eigenvalue weighted by molar-refractivity contribution is -0.143. The lowest BCUT2D eigenvalue weighted by Crippen LogP contribution is -2.31. The van der Waals surface area contributed by atoms with Crippen LogP contribution in [0, 0.1) is 6.92 Å². The molecule has 3 aromatic rings. The van der Waals surface area contributed by atoms with Crippen LogP contribution in [0.15, 0.2) is 36.7 Å². The number of carboxylic acids is 1. The number of fused-ring (bicyclic) bond motifs is 3. The number of nitrogens with zero attached hydrogens (tertiary/aromatic N) is 4. The average molecular weight is 362 g/mol. The van der Waals surface area contributed by atoms with E-state index in [9.17, 15) is 9.90 Å². The van der Waals surface area contributed by atoms with E-state index < -0.39 is 11.4 Å². The molecule has 6 nitrogen and oxygen atoms in total. The van der Waals surface area contributed by atoms with E-state index in [4.69, 9.17) is 0 Å². The molecule has 138 valence electrons. The molecule has 3 heterocycles. The molecule has 0 fully saturated rings. The Hall–Kier alpha value is -3.02. The van der Waals surface area contributed by atoms with Crippen LogP contribution in [0.3, 0.4) is 0 Å². The first-order chi connectivity index (χ1) is 12.9. The third-order valence-electron chi connectivity index (χ3n) is 5.72. The second kappa shape index (κ2) is 6.30. The molecule has 0 bridgehead atoms. The van der Waals surface area contributed by atoms with Gasteiger partial charge in [-0.15, -0.1) is 10.2 Å². The van der Waals surface area contributed by atoms with Crippen LogP contribution in [0.5, 0.6) is 0 Å². The van der Waals surface area contributed by atoms with Crippen molar-refractivity contribution in [1.82, 2.24) is 19.7 Å². The highest BCUT2D eigenvalue weighted by molar-refractivity contribution is 5.81. The van der Waals surface area contributed by atoms with Crippen LogP contribution in [0.4, 0.5) is 0 Å². The minimum atomic E-state index is -0.939. The summed E-state index contributed by atoms with van der Waals surface area (Å²) in [6.45, 7) is 5.60. The van der Waals surface area contributed by atoms with Crippen LogP contribution in [0.25, 0.3) is 16.8 Å². The Morgan fingerprint density at radius 1 is 1.19 bits per heavy atom. The summed E-state index contributed by atoms with van der Waals surface area (Å²) < 4.78 is 2.11. The van der Waals surface area contributed by atoms with E-state index in [0.29, 0.717) is 6.42 Å². The normalized spacial score (nSPS) is 14.9. The van der Waals surface area contributed by atoms with Gasteiger partial charge in [-0.05, 0) is 61.6 Å². The Kier molecular flexibility index (Phi) is 4.06. The molecule has 4 rings (SSSR count). The number of aliphatic carboxylic acids is 1. The fourth-order valence-electron chi connectivity index (χ4n) is 3.69. The lowest BCUT2D eigenvalue weighted by Gasteiger charge is -2.24. The van der Waals surface area contributed by atoms with Crippen LogP contribution in [-0.2, 0) is 23.1 Å². The molecule has 6 heteroatoms. The van der Waals surface area contributed by atoms with Crippen LogP contribution >= 0.6 is 0 Å². The number of aryl methyl sites for hydroxylation is 3. The van der Waals surface area contributed by atoms with Gasteiger partial charge in [-0.2, -0.15) is 0 Å². The van der Waals surface area contributed by atoms with Gasteiger partial charge in [-0.3, -0.25) is 14.3 Å². The van der Waals surface area contributed by atoms with Gasteiger partial charge in [0.05, 0.1) is 11.1 Å². The van der Waals surface area contributed by atoms with Crippen molar-refractivity contribution in [2.24, 2.45) is 0 Å². The van der Waals surface area contributed by atoms with Crippen LogP contribution < -0.4 is 0 Å². The van der Waals surface area contributed by atoms with Gasteiger partial charge in [0.2, 0.25) is 0 Å². The zero-order valence-electron chi connectivity index (χ0n) is 15.7. The molecule has 2 aromatic heterocycles. The molecule has 0 spiro atoms. The summed E-state index contributed by atoms with van der Waals surface area (Å²) >= 11 is 0. The first-order valence-electron chi connectivity index (χ1n) is 9.17. The van der Waals surface area contributed by atoms with Crippen molar-refractivity contribution in [3.05, 3.63) is 59.4 Å². The molecular formula is C21H22N4O2. The highest BCUT2D eigenvalue weighted by atomic mass is 16.4. The molecule has 1 aliphatic rings. The Labute approximate surface area is 157 Å². The molecule has 0 radical (unpaired) electrons. The van der Waals surface area contributed by atoms with E-state index >= 15 is 0 Å². The number of aromatic nitrogens is 4. The van der Waals surface area contributed by atoms with E-state index in [2.05, 4.69) is 37.9 Å². The van der Waals surface area contributed by atoms with Crippen molar-refractivity contribution in [3.63, 3.8) is 0 Å². The van der Waals surface area contributed by atoms with Crippen molar-refractivity contribution in [1.29, 1.82) is 0 Å². The Bertz CT molecular complexity index is 1040. The number of carboxylic acid groups (broad SMARTS) is 1. The monoisotopic (exact) mass is 362 g/mol. The number of hydrogen-bond donors (Lipinski definition) is 1. The smallest absolute Gasteiger partial charge is 0.313 e. The summed E-state index contributed by atoms with van der Waals surface area (Å²) in [5, 5.41) is 18.1. The summed E-state index contributed by atoms with van der Waals surface area (Å²) in [4.78, 5) is 16.1. The number of rotatable bonds is 4. The van der Waals surface area contributed by atoms with Gasteiger partial charge in [-0.1, -0.05) is 13.0 Å². The van der Waals surface area contributed by atoms with Crippen LogP contribution in [0.1, 0.15) is 43.0 Å². The van der Waals surface area contributed by atoms with Crippen molar-refractivity contribution < 1.29 is 9.90 Å². The molecule has 1 atom stereocenters. The Balaban J connectivity index is 1.77. The summed E-state index contributed by atoms with van der Waals surface area (Å²) in [7, 11) is 0. The second-order valence-corrected chi connectivity index (χ2v) is 7.30. The highest BCUT2D eigenvalue weighted by Gasteiger charge is 2.33. The SMILES string of the molecule is CCC(C)(C(=O)O)c1cncc(-c2ccc3c(c2)CCc2nnc(C)n2-3)c1. The lowest BCUT2D eigenvalue weighted by atomic mass is 9.80. The zero-order chi connectivity index (χ0) is 19.2. The van der Waals surface area contributed by atoms with Crippen LogP contribution in [0.2, 0.25) is 0 Å². The van der Waals surface area contributed by atoms with Crippen LogP contribution in [-0.4, -0.2) is 30.8 Å². The number of hydrogen-bond acceptors (Lipinski definition) is 4. The first kappa shape index (κ1) is 17.4. The number of carbonyl (C=O) groups is 1. The second-order valence-electron chi connectivity index (χ2n) is 7.30. The molecule has 27 heavy (non-hydrogen) atoms. The Morgan fingerprint density at radius 3 is 2.74 bits per heavy atom. The fraction of sp³-hybridized carbons (Fsp3) is 0.333. The van der Waals surface area contributed by atoms with Crippen molar-refractivity contribution in [2.75, 3.05) is 0 Å². The van der Waals surface area contributed by atoms with Gasteiger partial charge >= 0.3 is 5.97 Å². The van der Waals surface area contributed by atoms with Crippen molar-refractivity contribution >= 4 is 5.97 Å². The van der Waals surface area contributed by atoms with Gasteiger partial charge in [0, 0.05) is 24.4 Å². The van der Waals surface area contributed by atoms with Crippen molar-refractivity contribution in [3.8, 4) is 16.8 Å². The summed E-state index contributed by atoms with van der Waals surface area (Å²) in [6.07, 6.45) is 5.74. The van der Waals surface area contributed by atoms with E-state index in [-0.39, 0.29) is 0 Å². The number of pyridine rings is 1. The quantitative estimate of drug-likeness (QED) is 0.768. The molecule has 0 amide bonds. The largest absolute Gasteiger partial charge is 0.481 e. The van der Waals surface area contributed by atoms with E-state index in [1.807, 2.05) is 19.9 Å². The molecule has 0 saturated carbocycles. The summed E-state index contributed by atoms with van der Waals surface area (Å²) in [5.74, 6) is 1.06. The average Bonchev–Trinajstić information content (AvgIpc) is 3.08. The topological polar surface area (TPSA) is 80.9 Å². The van der Waals surface area contributed by atoms with Gasteiger partial charge < -0.3 is 5.11 Å².